The summed E-state index contributed by atoms with van der Waals surface area (Å²) >= 11 is 0. The third-order valence-corrected chi connectivity index (χ3v) is 3.97. The Labute approximate surface area is 110 Å². The van der Waals surface area contributed by atoms with Crippen LogP contribution in [0, 0.1) is 18.7 Å². The van der Waals surface area contributed by atoms with Crippen LogP contribution in [0.25, 0.3) is 0 Å². The van der Waals surface area contributed by atoms with E-state index in [1.807, 2.05) is 0 Å². The third kappa shape index (κ3) is 3.28. The van der Waals surface area contributed by atoms with Crippen molar-refractivity contribution >= 4 is 21.8 Å². The normalized spacial score (nSPS) is 20.1. The molecule has 1 atom stereocenters. The molecule has 1 saturated heterocycles. The van der Waals surface area contributed by atoms with Crippen LogP contribution in [0.15, 0.2) is 18.2 Å². The Morgan fingerprint density at radius 1 is 1.42 bits per heavy atom. The number of benzene rings is 1. The second-order valence-electron chi connectivity index (χ2n) is 4.71. The van der Waals surface area contributed by atoms with Gasteiger partial charge in [0.15, 0.2) is 0 Å². The molecular weight excluding hydrogens is 276 g/mol. The number of carbonyl (C=O) groups is 1. The molecule has 1 heterocycles. The van der Waals surface area contributed by atoms with Crippen LogP contribution in [0.2, 0.25) is 0 Å². The first-order valence-corrected chi connectivity index (χ1v) is 7.30. The van der Waals surface area contributed by atoms with Crippen LogP contribution in [0.4, 0.5) is 14.0 Å². The minimum absolute atomic E-state index is 0.0426. The molecule has 0 bridgehead atoms. The van der Waals surface area contributed by atoms with Gasteiger partial charge in [0.05, 0.1) is 5.75 Å². The molecule has 0 N–H and O–H groups in total. The van der Waals surface area contributed by atoms with Crippen molar-refractivity contribution < 1.29 is 21.5 Å². The minimum Gasteiger partial charge on any atom is -0.312 e. The topological polar surface area (TPSA) is 54.5 Å². The summed E-state index contributed by atoms with van der Waals surface area (Å²) < 4.78 is 47.0. The zero-order chi connectivity index (χ0) is 14.2. The molecule has 1 aliphatic heterocycles. The molecule has 1 aromatic carbocycles. The Morgan fingerprint density at radius 3 is 2.74 bits per heavy atom. The molecule has 0 saturated carbocycles. The number of halogens is 2. The van der Waals surface area contributed by atoms with Crippen molar-refractivity contribution in [2.45, 2.75) is 13.3 Å². The van der Waals surface area contributed by atoms with Gasteiger partial charge in [-0.3, -0.25) is 4.79 Å². The molecule has 1 fully saturated rings. The fourth-order valence-electron chi connectivity index (χ4n) is 2.28. The predicted molar refractivity (Wildman–Crippen MR) is 66.5 cm³/mol. The summed E-state index contributed by atoms with van der Waals surface area (Å²) in [4.78, 5) is 13.1. The lowest BCUT2D eigenvalue weighted by molar-refractivity contribution is -0.117. The molecule has 104 valence electrons. The minimum atomic E-state index is -4.61. The number of nitrogens with zero attached hydrogens (tertiary/aromatic N) is 1. The first-order chi connectivity index (χ1) is 8.76. The van der Waals surface area contributed by atoms with E-state index in [2.05, 4.69) is 0 Å². The molecule has 1 aromatic rings. The average Bonchev–Trinajstić information content (AvgIpc) is 2.60. The number of hydrogen-bond acceptors (Lipinski definition) is 3. The van der Waals surface area contributed by atoms with E-state index in [9.17, 15) is 21.5 Å². The number of amides is 1. The van der Waals surface area contributed by atoms with Crippen molar-refractivity contribution in [1.29, 1.82) is 0 Å². The monoisotopic (exact) mass is 289 g/mol. The maximum Gasteiger partial charge on any atom is 0.302 e. The number of hydrogen-bond donors (Lipinski definition) is 0. The Hall–Kier alpha value is -1.50. The molecule has 4 nitrogen and oxygen atoms in total. The molecule has 0 spiro atoms. The predicted octanol–water partition coefficient (Wildman–Crippen LogP) is 1.79. The second-order valence-corrected chi connectivity index (χ2v) is 6.12. The summed E-state index contributed by atoms with van der Waals surface area (Å²) in [5.74, 6) is -2.06. The van der Waals surface area contributed by atoms with Gasteiger partial charge >= 0.3 is 10.2 Å². The second kappa shape index (κ2) is 4.88. The zero-order valence-corrected chi connectivity index (χ0v) is 11.1. The third-order valence-electron chi connectivity index (χ3n) is 3.10. The standard InChI is InChI=1S/C12H13F2NO3S/c1-8-2-3-10(13)5-11(8)15-6-9(4-12(15)16)7-19(14,17)18/h2-3,5,9H,4,6-7H2,1H3. The molecule has 2 rings (SSSR count). The molecule has 0 radical (unpaired) electrons. The van der Waals surface area contributed by atoms with Gasteiger partial charge in [-0.15, -0.1) is 3.89 Å². The smallest absolute Gasteiger partial charge is 0.302 e. The largest absolute Gasteiger partial charge is 0.312 e. The van der Waals surface area contributed by atoms with Gasteiger partial charge in [-0.2, -0.15) is 8.42 Å². The van der Waals surface area contributed by atoms with Gasteiger partial charge in [-0.05, 0) is 24.6 Å². The first-order valence-electron chi connectivity index (χ1n) is 5.75. The van der Waals surface area contributed by atoms with E-state index in [0.717, 1.165) is 0 Å². The maximum atomic E-state index is 13.2. The lowest BCUT2D eigenvalue weighted by Gasteiger charge is -2.19. The Bertz CT molecular complexity index is 615. The van der Waals surface area contributed by atoms with E-state index in [1.54, 1.807) is 6.92 Å². The van der Waals surface area contributed by atoms with E-state index >= 15 is 0 Å². The number of carbonyl (C=O) groups excluding carboxylic acids is 1. The van der Waals surface area contributed by atoms with Crippen LogP contribution in [-0.2, 0) is 15.0 Å². The molecule has 19 heavy (non-hydrogen) atoms. The quantitative estimate of drug-likeness (QED) is 0.797. The van der Waals surface area contributed by atoms with E-state index in [0.29, 0.717) is 11.3 Å². The highest BCUT2D eigenvalue weighted by atomic mass is 32.3. The number of rotatable bonds is 3. The van der Waals surface area contributed by atoms with Crippen molar-refractivity contribution in [3.05, 3.63) is 29.6 Å². The van der Waals surface area contributed by atoms with E-state index in [-0.39, 0.29) is 18.9 Å². The van der Waals surface area contributed by atoms with E-state index in [4.69, 9.17) is 0 Å². The fourth-order valence-corrected chi connectivity index (χ4v) is 3.07. The lowest BCUT2D eigenvalue weighted by Crippen LogP contribution is -2.26. The van der Waals surface area contributed by atoms with Crippen molar-refractivity contribution in [2.75, 3.05) is 17.2 Å². The van der Waals surface area contributed by atoms with Crippen LogP contribution in [0.3, 0.4) is 0 Å². The summed E-state index contributed by atoms with van der Waals surface area (Å²) in [5.41, 5.74) is 1.11. The molecular formula is C12H13F2NO3S. The fraction of sp³-hybridized carbons (Fsp3) is 0.417. The van der Waals surface area contributed by atoms with Gasteiger partial charge in [0.1, 0.15) is 5.82 Å². The summed E-state index contributed by atoms with van der Waals surface area (Å²) in [6, 6.07) is 4.04. The first kappa shape index (κ1) is 13.9. The summed E-state index contributed by atoms with van der Waals surface area (Å²) in [6.45, 7) is 1.81. The molecule has 0 aliphatic carbocycles. The highest BCUT2D eigenvalue weighted by Gasteiger charge is 2.34. The van der Waals surface area contributed by atoms with Crippen LogP contribution in [-0.4, -0.2) is 26.6 Å². The Morgan fingerprint density at radius 2 is 2.11 bits per heavy atom. The maximum absolute atomic E-state index is 13.2. The van der Waals surface area contributed by atoms with Crippen LogP contribution in [0.5, 0.6) is 0 Å². The van der Waals surface area contributed by atoms with Crippen molar-refractivity contribution in [1.82, 2.24) is 0 Å². The van der Waals surface area contributed by atoms with E-state index < -0.39 is 27.7 Å². The molecule has 1 amide bonds. The Balaban J connectivity index is 2.23. The number of aryl methyl sites for hydroxylation is 1. The zero-order valence-electron chi connectivity index (χ0n) is 10.3. The molecule has 1 unspecified atom stereocenters. The van der Waals surface area contributed by atoms with Crippen molar-refractivity contribution in [3.8, 4) is 0 Å². The lowest BCUT2D eigenvalue weighted by atomic mass is 10.1. The van der Waals surface area contributed by atoms with Crippen molar-refractivity contribution in [3.63, 3.8) is 0 Å². The highest BCUT2D eigenvalue weighted by molar-refractivity contribution is 7.86. The van der Waals surface area contributed by atoms with E-state index in [1.165, 1.54) is 23.1 Å². The van der Waals surface area contributed by atoms with Gasteiger partial charge < -0.3 is 4.90 Å². The van der Waals surface area contributed by atoms with Gasteiger partial charge in [0.2, 0.25) is 5.91 Å². The molecule has 7 heteroatoms. The van der Waals surface area contributed by atoms with Gasteiger partial charge in [0, 0.05) is 24.6 Å². The van der Waals surface area contributed by atoms with Crippen LogP contribution in [0.1, 0.15) is 12.0 Å². The average molecular weight is 289 g/mol. The number of anilines is 1. The Kier molecular flexibility index (Phi) is 3.58. The van der Waals surface area contributed by atoms with Gasteiger partial charge in [-0.25, -0.2) is 4.39 Å². The van der Waals surface area contributed by atoms with Crippen molar-refractivity contribution in [2.24, 2.45) is 5.92 Å². The summed E-state index contributed by atoms with van der Waals surface area (Å²) in [5, 5.41) is 0. The van der Waals surface area contributed by atoms with Crippen LogP contribution >= 0.6 is 0 Å². The summed E-state index contributed by atoms with van der Waals surface area (Å²) in [7, 11) is -4.61. The van der Waals surface area contributed by atoms with Crippen LogP contribution < -0.4 is 4.90 Å². The van der Waals surface area contributed by atoms with Gasteiger partial charge in [0.25, 0.3) is 0 Å². The molecule has 0 aromatic heterocycles. The highest BCUT2D eigenvalue weighted by Crippen LogP contribution is 2.29. The summed E-state index contributed by atoms with van der Waals surface area (Å²) in [6.07, 6.45) is -0.0426. The van der Waals surface area contributed by atoms with Gasteiger partial charge in [-0.1, -0.05) is 6.07 Å². The SMILES string of the molecule is Cc1ccc(F)cc1N1CC(CS(=O)(=O)F)CC1=O. The molecule has 1 aliphatic rings.